The Labute approximate surface area is 86.0 Å². The van der Waals surface area contributed by atoms with Gasteiger partial charge in [0.15, 0.2) is 0 Å². The van der Waals surface area contributed by atoms with Gasteiger partial charge in [-0.2, -0.15) is 0 Å². The van der Waals surface area contributed by atoms with Crippen LogP contribution in [-0.4, -0.2) is 55.5 Å². The number of hydrogen-bond donors (Lipinski definition) is 2. The van der Waals surface area contributed by atoms with Crippen molar-refractivity contribution in [3.8, 4) is 0 Å². The smallest absolute Gasteiger partial charge is 0.0629 e. The molecule has 0 amide bonds. The molecule has 3 N–H and O–H groups in total. The highest BCUT2D eigenvalue weighted by molar-refractivity contribution is 4.87. The van der Waals surface area contributed by atoms with E-state index in [2.05, 4.69) is 4.90 Å². The molecule has 4 nitrogen and oxygen atoms in total. The zero-order valence-corrected chi connectivity index (χ0v) is 9.15. The predicted molar refractivity (Wildman–Crippen MR) is 56.1 cm³/mol. The first-order valence-electron chi connectivity index (χ1n) is 5.28. The molecular weight excluding hydrogens is 180 g/mol. The highest BCUT2D eigenvalue weighted by Gasteiger charge is 2.30. The van der Waals surface area contributed by atoms with Crippen molar-refractivity contribution in [2.24, 2.45) is 5.73 Å². The number of ether oxygens (including phenoxy) is 1. The zero-order chi connectivity index (χ0) is 10.6. The van der Waals surface area contributed by atoms with Crippen molar-refractivity contribution in [3.63, 3.8) is 0 Å². The van der Waals surface area contributed by atoms with Gasteiger partial charge >= 0.3 is 0 Å². The fourth-order valence-electron chi connectivity index (χ4n) is 1.93. The largest absolute Gasteiger partial charge is 0.395 e. The molecule has 0 radical (unpaired) electrons. The van der Waals surface area contributed by atoms with Gasteiger partial charge in [-0.15, -0.1) is 0 Å². The molecular formula is C10H22N2O2. The van der Waals surface area contributed by atoms with Crippen molar-refractivity contribution >= 4 is 0 Å². The van der Waals surface area contributed by atoms with E-state index in [9.17, 15) is 5.11 Å². The molecule has 2 atom stereocenters. The number of rotatable bonds is 6. The molecule has 0 aromatic rings. The molecule has 0 aromatic carbocycles. The third-order valence-electron chi connectivity index (χ3n) is 3.21. The van der Waals surface area contributed by atoms with E-state index in [0.717, 1.165) is 0 Å². The Balaban J connectivity index is 2.41. The molecule has 0 aliphatic heterocycles. The lowest BCUT2D eigenvalue weighted by Gasteiger charge is -2.41. The van der Waals surface area contributed by atoms with Crippen LogP contribution in [0.15, 0.2) is 0 Å². The second kappa shape index (κ2) is 5.66. The van der Waals surface area contributed by atoms with Gasteiger partial charge in [0.05, 0.1) is 19.3 Å². The molecule has 0 heterocycles. The van der Waals surface area contributed by atoms with Gasteiger partial charge in [-0.05, 0) is 19.9 Å². The highest BCUT2D eigenvalue weighted by atomic mass is 16.5. The summed E-state index contributed by atoms with van der Waals surface area (Å²) in [6, 6.07) is 0.533. The van der Waals surface area contributed by atoms with Gasteiger partial charge in [0, 0.05) is 19.2 Å². The van der Waals surface area contributed by atoms with Crippen LogP contribution < -0.4 is 5.73 Å². The van der Waals surface area contributed by atoms with E-state index in [-0.39, 0.29) is 18.7 Å². The first-order chi connectivity index (χ1) is 6.70. The Hall–Kier alpha value is -0.160. The van der Waals surface area contributed by atoms with Crippen molar-refractivity contribution < 1.29 is 9.84 Å². The SMILES string of the molecule is COCC(N)C(CO)N(C)C1CCC1. The molecule has 84 valence electrons. The Kier molecular flexibility index (Phi) is 4.81. The number of aliphatic hydroxyl groups is 1. The molecule has 0 aromatic heterocycles. The van der Waals surface area contributed by atoms with E-state index in [0.29, 0.717) is 12.6 Å². The summed E-state index contributed by atoms with van der Waals surface area (Å²) < 4.78 is 5.01. The molecule has 1 aliphatic carbocycles. The molecule has 1 aliphatic rings. The minimum atomic E-state index is -0.101. The van der Waals surface area contributed by atoms with Gasteiger partial charge in [-0.3, -0.25) is 4.90 Å². The van der Waals surface area contributed by atoms with Crippen LogP contribution in [0.2, 0.25) is 0 Å². The van der Waals surface area contributed by atoms with E-state index >= 15 is 0 Å². The molecule has 1 rings (SSSR count). The van der Waals surface area contributed by atoms with Crippen LogP contribution >= 0.6 is 0 Å². The monoisotopic (exact) mass is 202 g/mol. The van der Waals surface area contributed by atoms with Crippen molar-refractivity contribution in [1.29, 1.82) is 0 Å². The summed E-state index contributed by atoms with van der Waals surface area (Å²) in [6.07, 6.45) is 3.76. The van der Waals surface area contributed by atoms with Gasteiger partial charge in [0.2, 0.25) is 0 Å². The summed E-state index contributed by atoms with van der Waals surface area (Å²) in [7, 11) is 3.68. The lowest BCUT2D eigenvalue weighted by molar-refractivity contribution is 0.0372. The summed E-state index contributed by atoms with van der Waals surface area (Å²) in [5, 5.41) is 9.28. The van der Waals surface area contributed by atoms with Crippen LogP contribution in [-0.2, 0) is 4.74 Å². The maximum atomic E-state index is 9.28. The van der Waals surface area contributed by atoms with Crippen molar-refractivity contribution in [2.75, 3.05) is 27.4 Å². The van der Waals surface area contributed by atoms with Crippen LogP contribution in [0.25, 0.3) is 0 Å². The van der Waals surface area contributed by atoms with Crippen LogP contribution in [0.4, 0.5) is 0 Å². The summed E-state index contributed by atoms with van der Waals surface area (Å²) in [5.41, 5.74) is 5.93. The number of nitrogens with zero attached hydrogens (tertiary/aromatic N) is 1. The Morgan fingerprint density at radius 1 is 1.57 bits per heavy atom. The van der Waals surface area contributed by atoms with Gasteiger partial charge in [0.25, 0.3) is 0 Å². The fourth-order valence-corrected chi connectivity index (χ4v) is 1.93. The molecule has 1 fully saturated rings. The molecule has 4 heteroatoms. The van der Waals surface area contributed by atoms with Crippen LogP contribution in [0.5, 0.6) is 0 Å². The van der Waals surface area contributed by atoms with E-state index in [1.807, 2.05) is 7.05 Å². The van der Waals surface area contributed by atoms with Gasteiger partial charge in [-0.1, -0.05) is 6.42 Å². The molecule has 0 saturated heterocycles. The first-order valence-corrected chi connectivity index (χ1v) is 5.28. The van der Waals surface area contributed by atoms with E-state index in [1.54, 1.807) is 7.11 Å². The third kappa shape index (κ3) is 2.67. The standard InChI is InChI=1S/C10H22N2O2/c1-12(8-4-3-5-8)10(6-13)9(11)7-14-2/h8-10,13H,3-7,11H2,1-2H3. The third-order valence-corrected chi connectivity index (χ3v) is 3.21. The molecule has 14 heavy (non-hydrogen) atoms. The minimum absolute atomic E-state index is 0.0280. The Bertz CT molecular complexity index is 162. The highest BCUT2D eigenvalue weighted by Crippen LogP contribution is 2.25. The predicted octanol–water partition coefficient (Wildman–Crippen LogP) is -0.195. The number of nitrogens with two attached hydrogens (primary N) is 1. The summed E-state index contributed by atoms with van der Waals surface area (Å²) in [6.45, 7) is 0.611. The number of hydrogen-bond acceptors (Lipinski definition) is 4. The summed E-state index contributed by atoms with van der Waals surface area (Å²) in [4.78, 5) is 2.20. The maximum Gasteiger partial charge on any atom is 0.0629 e. The van der Waals surface area contributed by atoms with Crippen molar-refractivity contribution in [3.05, 3.63) is 0 Å². The van der Waals surface area contributed by atoms with Gasteiger partial charge < -0.3 is 15.6 Å². The molecule has 0 bridgehead atoms. The summed E-state index contributed by atoms with van der Waals surface area (Å²) >= 11 is 0. The molecule has 1 saturated carbocycles. The van der Waals surface area contributed by atoms with Gasteiger partial charge in [0.1, 0.15) is 0 Å². The average Bonchev–Trinajstić information content (AvgIpc) is 2.02. The van der Waals surface area contributed by atoms with Crippen LogP contribution in [0.3, 0.4) is 0 Å². The van der Waals surface area contributed by atoms with Crippen molar-refractivity contribution in [1.82, 2.24) is 4.90 Å². The first kappa shape index (κ1) is 11.9. The summed E-state index contributed by atoms with van der Waals surface area (Å²) in [5.74, 6) is 0. The van der Waals surface area contributed by atoms with E-state index in [4.69, 9.17) is 10.5 Å². The average molecular weight is 202 g/mol. The second-order valence-electron chi connectivity index (χ2n) is 4.12. The van der Waals surface area contributed by atoms with E-state index in [1.165, 1.54) is 19.3 Å². The zero-order valence-electron chi connectivity index (χ0n) is 9.15. The number of likely N-dealkylation sites (N-methyl/N-ethyl adjacent to an activating group) is 1. The normalized spacial score (nSPS) is 22.1. The lowest BCUT2D eigenvalue weighted by atomic mass is 9.90. The van der Waals surface area contributed by atoms with Gasteiger partial charge in [-0.25, -0.2) is 0 Å². The quantitative estimate of drug-likeness (QED) is 0.626. The second-order valence-corrected chi connectivity index (χ2v) is 4.12. The fraction of sp³-hybridized carbons (Fsp3) is 1.00. The van der Waals surface area contributed by atoms with Crippen LogP contribution in [0.1, 0.15) is 19.3 Å². The topological polar surface area (TPSA) is 58.7 Å². The maximum absolute atomic E-state index is 9.28. The van der Waals surface area contributed by atoms with Crippen molar-refractivity contribution in [2.45, 2.75) is 37.4 Å². The Morgan fingerprint density at radius 3 is 2.57 bits per heavy atom. The minimum Gasteiger partial charge on any atom is -0.395 e. The lowest BCUT2D eigenvalue weighted by Crippen LogP contribution is -2.55. The molecule has 0 spiro atoms. The van der Waals surface area contributed by atoms with E-state index < -0.39 is 0 Å². The number of methoxy groups -OCH3 is 1. The molecule has 2 unspecified atom stereocenters. The Morgan fingerprint density at radius 2 is 2.21 bits per heavy atom. The number of aliphatic hydroxyl groups excluding tert-OH is 1. The van der Waals surface area contributed by atoms with Crippen LogP contribution in [0, 0.1) is 0 Å².